The largest absolute Gasteiger partial charge is 0.357 e. The fourth-order valence-electron chi connectivity index (χ4n) is 8.18. The number of aromatic nitrogens is 2. The van der Waals surface area contributed by atoms with Gasteiger partial charge in [0.15, 0.2) is 0 Å². The van der Waals surface area contributed by atoms with Gasteiger partial charge in [0.25, 0.3) is 0 Å². The van der Waals surface area contributed by atoms with Crippen LogP contribution < -0.4 is 0 Å². The highest BCUT2D eigenvalue weighted by molar-refractivity contribution is 5.90. The maximum Gasteiger partial charge on any atom is 0.101 e. The third-order valence-corrected chi connectivity index (χ3v) is 10.3. The minimum absolute atomic E-state index is 0.160. The fraction of sp³-hybridized carbons (Fsp3) is 0.130. The van der Waals surface area contributed by atoms with Crippen molar-refractivity contribution in [2.75, 3.05) is 0 Å². The maximum atomic E-state index is 3.78. The summed E-state index contributed by atoms with van der Waals surface area (Å²) in [6, 6.07) is 56.8. The predicted molar refractivity (Wildman–Crippen MR) is 203 cm³/mol. The highest BCUT2D eigenvalue weighted by atomic mass is 14.8. The Bertz CT molecular complexity index is 2180. The summed E-state index contributed by atoms with van der Waals surface area (Å²) in [5, 5.41) is 2.46. The monoisotopic (exact) mass is 620 g/mol. The van der Waals surface area contributed by atoms with Crippen LogP contribution in [0.1, 0.15) is 61.3 Å². The molecule has 2 aromatic heterocycles. The Hall–Kier alpha value is -5.60. The number of H-pyrrole nitrogens is 2. The molecule has 0 saturated carbocycles. The second-order valence-electron chi connectivity index (χ2n) is 13.1. The highest BCUT2D eigenvalue weighted by Crippen LogP contribution is 2.56. The van der Waals surface area contributed by atoms with E-state index in [1.807, 2.05) is 13.8 Å². The Morgan fingerprint density at radius 1 is 0.375 bits per heavy atom. The summed E-state index contributed by atoms with van der Waals surface area (Å²) in [7, 11) is 0. The lowest BCUT2D eigenvalue weighted by molar-refractivity contribution is 0.660. The van der Waals surface area contributed by atoms with Gasteiger partial charge in [-0.15, -0.1) is 0 Å². The highest BCUT2D eigenvalue weighted by Gasteiger charge is 2.48. The predicted octanol–water partition coefficient (Wildman–Crippen LogP) is 12.0. The van der Waals surface area contributed by atoms with Crippen LogP contribution in [0.25, 0.3) is 44.1 Å². The van der Waals surface area contributed by atoms with Crippen LogP contribution in [-0.4, -0.2) is 9.97 Å². The normalized spacial score (nSPS) is 14.2. The van der Waals surface area contributed by atoms with E-state index in [1.54, 1.807) is 0 Å². The van der Waals surface area contributed by atoms with Crippen LogP contribution in [0.15, 0.2) is 158 Å². The Morgan fingerprint density at radius 3 is 1.08 bits per heavy atom. The average molecular weight is 621 g/mol. The van der Waals surface area contributed by atoms with E-state index in [9.17, 15) is 0 Å². The molecule has 0 spiro atoms. The van der Waals surface area contributed by atoms with Gasteiger partial charge in [0, 0.05) is 27.8 Å². The van der Waals surface area contributed by atoms with Crippen molar-refractivity contribution in [1.29, 1.82) is 0 Å². The van der Waals surface area contributed by atoms with Crippen LogP contribution >= 0.6 is 0 Å². The lowest BCUT2D eigenvalue weighted by Gasteiger charge is -2.30. The minimum Gasteiger partial charge on any atom is -0.357 e. The van der Waals surface area contributed by atoms with Crippen LogP contribution in [0, 0.1) is 0 Å². The summed E-state index contributed by atoms with van der Waals surface area (Å²) in [6.07, 6.45) is 0. The molecule has 2 heteroatoms. The molecule has 8 aromatic rings. The summed E-state index contributed by atoms with van der Waals surface area (Å²) >= 11 is 0. The number of para-hydroxylation sites is 2. The molecular formula is C46H40N2. The number of benzene rings is 6. The first-order valence-corrected chi connectivity index (χ1v) is 17.1. The molecule has 0 fully saturated rings. The molecule has 10 rings (SSSR count). The first kappa shape index (κ1) is 29.8. The van der Waals surface area contributed by atoms with E-state index in [0.29, 0.717) is 0 Å². The molecule has 2 aliphatic carbocycles. The topological polar surface area (TPSA) is 31.6 Å². The Balaban J connectivity index is 0.000000166. The van der Waals surface area contributed by atoms with Crippen molar-refractivity contribution in [3.8, 4) is 22.3 Å². The van der Waals surface area contributed by atoms with Crippen LogP contribution in [0.3, 0.4) is 0 Å². The Morgan fingerprint density at radius 2 is 0.688 bits per heavy atom. The number of fused-ring (bicyclic) bond motifs is 8. The fourth-order valence-corrected chi connectivity index (χ4v) is 8.18. The van der Waals surface area contributed by atoms with Crippen molar-refractivity contribution in [2.24, 2.45) is 0 Å². The average Bonchev–Trinajstić information content (AvgIpc) is 3.90. The summed E-state index contributed by atoms with van der Waals surface area (Å²) in [6.45, 7) is 8.61. The standard InChI is InChI=1S/C29H20N2.C15H14.C2H6/c1-7-15-25-19(9-1)17-27(30-25)29(28-18-20-10-2-8-16-26(20)31-28)23-13-5-3-11-21(23)22-12-4-6-14-24(22)29;1-15(2)13-9-5-3-7-11(13)12-8-4-6-10-14(12)15;1-2/h1-18,30-31H;3-10H,1-2H3;1-2H3. The first-order valence-electron chi connectivity index (χ1n) is 17.1. The zero-order chi connectivity index (χ0) is 32.9. The van der Waals surface area contributed by atoms with Gasteiger partial charge in [0.2, 0.25) is 0 Å². The molecule has 0 aliphatic heterocycles. The van der Waals surface area contributed by atoms with E-state index in [4.69, 9.17) is 0 Å². The van der Waals surface area contributed by atoms with E-state index in [2.05, 4.69) is 182 Å². The molecular weight excluding hydrogens is 581 g/mol. The molecule has 0 saturated heterocycles. The Labute approximate surface area is 283 Å². The molecule has 0 radical (unpaired) electrons. The molecule has 2 nitrogen and oxygen atoms in total. The van der Waals surface area contributed by atoms with Gasteiger partial charge in [0.1, 0.15) is 5.41 Å². The summed E-state index contributed by atoms with van der Waals surface area (Å²) in [5.41, 5.74) is 15.4. The van der Waals surface area contributed by atoms with E-state index in [1.165, 1.54) is 66.7 Å². The van der Waals surface area contributed by atoms with Gasteiger partial charge in [-0.2, -0.15) is 0 Å². The molecule has 2 heterocycles. The van der Waals surface area contributed by atoms with Crippen LogP contribution in [0.2, 0.25) is 0 Å². The minimum atomic E-state index is -0.425. The van der Waals surface area contributed by atoms with Gasteiger partial charge in [-0.25, -0.2) is 0 Å². The van der Waals surface area contributed by atoms with Crippen molar-refractivity contribution in [3.05, 3.63) is 191 Å². The van der Waals surface area contributed by atoms with Gasteiger partial charge in [-0.05, 0) is 79.5 Å². The quantitative estimate of drug-likeness (QED) is 0.193. The molecule has 6 aromatic carbocycles. The summed E-state index contributed by atoms with van der Waals surface area (Å²) < 4.78 is 0. The van der Waals surface area contributed by atoms with Gasteiger partial charge >= 0.3 is 0 Å². The number of hydrogen-bond acceptors (Lipinski definition) is 0. The maximum absolute atomic E-state index is 3.78. The molecule has 0 atom stereocenters. The van der Waals surface area contributed by atoms with Gasteiger partial charge in [0.05, 0.1) is 0 Å². The number of aromatic amines is 2. The zero-order valence-electron chi connectivity index (χ0n) is 28.0. The smallest absolute Gasteiger partial charge is 0.101 e. The number of hydrogen-bond donors (Lipinski definition) is 2. The van der Waals surface area contributed by atoms with Crippen molar-refractivity contribution in [1.82, 2.24) is 9.97 Å². The third-order valence-electron chi connectivity index (χ3n) is 10.3. The lowest BCUT2D eigenvalue weighted by atomic mass is 9.72. The lowest BCUT2D eigenvalue weighted by Crippen LogP contribution is -2.29. The second-order valence-corrected chi connectivity index (χ2v) is 13.1. The van der Waals surface area contributed by atoms with Crippen molar-refractivity contribution in [2.45, 2.75) is 38.5 Å². The molecule has 2 aliphatic rings. The number of nitrogens with one attached hydrogen (secondary N) is 2. The van der Waals surface area contributed by atoms with Gasteiger partial charge < -0.3 is 9.97 Å². The first-order chi connectivity index (χ1) is 23.6. The van der Waals surface area contributed by atoms with E-state index < -0.39 is 5.41 Å². The summed E-state index contributed by atoms with van der Waals surface area (Å²) in [4.78, 5) is 7.57. The van der Waals surface area contributed by atoms with E-state index >= 15 is 0 Å². The van der Waals surface area contributed by atoms with Crippen LogP contribution in [-0.2, 0) is 10.8 Å². The van der Waals surface area contributed by atoms with Crippen molar-refractivity contribution in [3.63, 3.8) is 0 Å². The molecule has 2 N–H and O–H groups in total. The molecule has 0 amide bonds. The SMILES string of the molecule is CC.CC1(C)c2ccccc2-c2ccccc21.c1ccc2c(c1)-c1ccccc1C2(c1cc2ccccc2[nH]1)c1cc2ccccc2[nH]1. The zero-order valence-corrected chi connectivity index (χ0v) is 28.0. The molecule has 0 bridgehead atoms. The third kappa shape index (κ3) is 4.33. The van der Waals surface area contributed by atoms with E-state index in [0.717, 1.165) is 11.0 Å². The van der Waals surface area contributed by atoms with Crippen molar-refractivity contribution >= 4 is 21.8 Å². The summed E-state index contributed by atoms with van der Waals surface area (Å²) in [5.74, 6) is 0. The second kappa shape index (κ2) is 11.6. The molecule has 234 valence electrons. The molecule has 48 heavy (non-hydrogen) atoms. The van der Waals surface area contributed by atoms with Crippen molar-refractivity contribution < 1.29 is 0 Å². The van der Waals surface area contributed by atoms with Crippen LogP contribution in [0.4, 0.5) is 0 Å². The van der Waals surface area contributed by atoms with Crippen LogP contribution in [0.5, 0.6) is 0 Å². The van der Waals surface area contributed by atoms with Gasteiger partial charge in [-0.1, -0.05) is 161 Å². The van der Waals surface area contributed by atoms with E-state index in [-0.39, 0.29) is 5.41 Å². The van der Waals surface area contributed by atoms with Gasteiger partial charge in [-0.3, -0.25) is 0 Å². The Kier molecular flexibility index (Phi) is 7.18. The number of rotatable bonds is 2. The molecule has 0 unspecified atom stereocenters.